The Balaban J connectivity index is 2.81. The van der Waals surface area contributed by atoms with Crippen molar-refractivity contribution in [2.24, 2.45) is 0 Å². The van der Waals surface area contributed by atoms with Crippen molar-refractivity contribution >= 4 is 10.4 Å². The van der Waals surface area contributed by atoms with Crippen LogP contribution >= 0.6 is 0 Å². The highest BCUT2D eigenvalue weighted by molar-refractivity contribution is 7.81. The lowest BCUT2D eigenvalue weighted by Crippen LogP contribution is -2.39. The van der Waals surface area contributed by atoms with Crippen molar-refractivity contribution in [3.8, 4) is 5.88 Å². The zero-order valence-electron chi connectivity index (χ0n) is 6.61. The van der Waals surface area contributed by atoms with Crippen LogP contribution in [0, 0.1) is 0 Å². The Kier molecular flexibility index (Phi) is 2.63. The van der Waals surface area contributed by atoms with Gasteiger partial charge in [-0.3, -0.25) is 4.55 Å². The van der Waals surface area contributed by atoms with E-state index >= 15 is 0 Å². The Labute approximate surface area is 74.5 Å². The lowest BCUT2D eigenvalue weighted by molar-refractivity contribution is -0.887. The summed E-state index contributed by atoms with van der Waals surface area (Å²) in [4.78, 5) is 8.20. The van der Waals surface area contributed by atoms with E-state index in [0.29, 0.717) is 0 Å². The molecule has 1 rings (SSSR count). The van der Waals surface area contributed by atoms with Gasteiger partial charge in [0.1, 0.15) is 13.3 Å². The third-order valence-electron chi connectivity index (χ3n) is 1.06. The van der Waals surface area contributed by atoms with E-state index in [4.69, 9.17) is 4.55 Å². The normalized spacial score (nSPS) is 10.9. The molecule has 0 fully saturated rings. The first-order valence-electron chi connectivity index (χ1n) is 3.10. The summed E-state index contributed by atoms with van der Waals surface area (Å²) in [6.45, 7) is 0. The van der Waals surface area contributed by atoms with Gasteiger partial charge >= 0.3 is 22.6 Å². The monoisotopic (exact) mass is 207 g/mol. The molecule has 8 heteroatoms. The summed E-state index contributed by atoms with van der Waals surface area (Å²) in [5.74, 6) is -0.240. The van der Waals surface area contributed by atoms with Crippen LogP contribution in [-0.2, 0) is 10.4 Å². The third-order valence-corrected chi connectivity index (χ3v) is 1.45. The third kappa shape index (κ3) is 3.22. The quantitative estimate of drug-likeness (QED) is 0.484. The minimum absolute atomic E-state index is 0.240. The Morgan fingerprint density at radius 3 is 2.69 bits per heavy atom. The van der Waals surface area contributed by atoms with Crippen LogP contribution in [0.2, 0.25) is 0 Å². The number of nitrogens with zero attached hydrogens (tertiary/aromatic N) is 2. The topological polar surface area (TPSA) is 89.6 Å². The maximum atomic E-state index is 10.2. The summed E-state index contributed by atoms with van der Waals surface area (Å²) < 4.78 is 34.0. The fraction of sp³-hybridized carbons (Fsp3) is 0.200. The molecule has 1 N–H and O–H groups in total. The summed E-state index contributed by atoms with van der Waals surface area (Å²) in [7, 11) is -3.10. The second-order valence-corrected chi connectivity index (χ2v) is 2.97. The predicted molar refractivity (Wildman–Crippen MR) is 39.1 cm³/mol. The van der Waals surface area contributed by atoms with Gasteiger partial charge in [0.05, 0.1) is 6.07 Å². The Morgan fingerprint density at radius 2 is 2.31 bits per heavy atom. The molecule has 0 saturated heterocycles. The molecule has 1 heterocycles. The highest BCUT2D eigenvalue weighted by atomic mass is 32.3. The van der Waals surface area contributed by atoms with E-state index in [1.807, 2.05) is 0 Å². The van der Waals surface area contributed by atoms with Gasteiger partial charge in [-0.2, -0.15) is 8.42 Å². The van der Waals surface area contributed by atoms with Crippen LogP contribution in [0.3, 0.4) is 0 Å². The van der Waals surface area contributed by atoms with Crippen molar-refractivity contribution in [2.45, 2.75) is 0 Å². The molecular formula is C5H7N2O5S+. The molecule has 0 aliphatic carbocycles. The smallest absolute Gasteiger partial charge is 0.339 e. The first kappa shape index (κ1) is 9.68. The first-order chi connectivity index (χ1) is 6.01. The van der Waals surface area contributed by atoms with Crippen LogP contribution in [0.4, 0.5) is 0 Å². The van der Waals surface area contributed by atoms with Gasteiger partial charge in [-0.15, -0.1) is 0 Å². The second kappa shape index (κ2) is 3.54. The molecule has 0 aliphatic heterocycles. The molecule has 1 aromatic heterocycles. The van der Waals surface area contributed by atoms with Crippen LogP contribution in [-0.4, -0.2) is 25.1 Å². The van der Waals surface area contributed by atoms with Crippen molar-refractivity contribution in [1.29, 1.82) is 0 Å². The molecule has 0 unspecified atom stereocenters. The van der Waals surface area contributed by atoms with Gasteiger partial charge in [0, 0.05) is 0 Å². The zero-order valence-corrected chi connectivity index (χ0v) is 7.43. The van der Waals surface area contributed by atoms with E-state index in [1.54, 1.807) is 0 Å². The highest BCUT2D eigenvalue weighted by Gasteiger charge is 2.12. The Hall–Kier alpha value is -1.41. The van der Waals surface area contributed by atoms with Gasteiger partial charge in [0.15, 0.2) is 0 Å². The van der Waals surface area contributed by atoms with Crippen LogP contribution in [0.5, 0.6) is 5.88 Å². The second-order valence-electron chi connectivity index (χ2n) is 1.95. The van der Waals surface area contributed by atoms with E-state index in [2.05, 4.69) is 14.0 Å². The minimum atomic E-state index is -4.51. The molecule has 13 heavy (non-hydrogen) atoms. The van der Waals surface area contributed by atoms with E-state index < -0.39 is 10.4 Å². The lowest BCUT2D eigenvalue weighted by Gasteiger charge is -1.95. The van der Waals surface area contributed by atoms with E-state index in [0.717, 1.165) is 0 Å². The number of hydrogen-bond donors (Lipinski definition) is 1. The predicted octanol–water partition coefficient (Wildman–Crippen LogP) is -1.39. The maximum Gasteiger partial charge on any atom is 0.449 e. The fourth-order valence-corrected chi connectivity index (χ4v) is 0.912. The molecule has 0 aliphatic rings. The number of rotatable bonds is 3. The van der Waals surface area contributed by atoms with E-state index in [9.17, 15) is 8.42 Å². The number of hydrogen-bond acceptors (Lipinski definition) is 5. The van der Waals surface area contributed by atoms with E-state index in [1.165, 1.54) is 30.4 Å². The molecule has 0 radical (unpaired) electrons. The highest BCUT2D eigenvalue weighted by Crippen LogP contribution is 2.03. The number of aromatic nitrogens is 2. The largest absolute Gasteiger partial charge is 0.449 e. The summed E-state index contributed by atoms with van der Waals surface area (Å²) in [5, 5.41) is 0. The van der Waals surface area contributed by atoms with Crippen molar-refractivity contribution in [3.63, 3.8) is 0 Å². The van der Waals surface area contributed by atoms with Gasteiger partial charge in [-0.05, 0) is 4.98 Å². The standard InChI is InChI=1S/C5H6N2O5S/c1-11-7-3-2-5(6-4-7)12-13(8,9)10/h2-4H,1H3/p+1. The van der Waals surface area contributed by atoms with Crippen LogP contribution in [0.25, 0.3) is 0 Å². The molecule has 0 aromatic carbocycles. The van der Waals surface area contributed by atoms with Crippen LogP contribution in [0.1, 0.15) is 0 Å². The van der Waals surface area contributed by atoms with Gasteiger partial charge in [0.2, 0.25) is 0 Å². The van der Waals surface area contributed by atoms with Gasteiger partial charge < -0.3 is 9.02 Å². The van der Waals surface area contributed by atoms with Crippen molar-refractivity contribution in [3.05, 3.63) is 18.6 Å². The molecule has 0 spiro atoms. The Morgan fingerprint density at radius 1 is 1.62 bits per heavy atom. The van der Waals surface area contributed by atoms with Gasteiger partial charge in [0.25, 0.3) is 0 Å². The average Bonchev–Trinajstić information content (AvgIpc) is 2.03. The minimum Gasteiger partial charge on any atom is -0.339 e. The first-order valence-corrected chi connectivity index (χ1v) is 4.46. The van der Waals surface area contributed by atoms with Crippen molar-refractivity contribution in [2.75, 3.05) is 7.11 Å². The SMILES string of the molecule is CO[n+]1ccc(OS(=O)(=O)O)nc1. The van der Waals surface area contributed by atoms with Gasteiger partial charge in [-0.1, -0.05) is 4.73 Å². The van der Waals surface area contributed by atoms with Crippen molar-refractivity contribution in [1.82, 2.24) is 4.98 Å². The molecule has 0 amide bonds. The molecular weight excluding hydrogens is 200 g/mol. The Bertz CT molecular complexity index is 372. The molecule has 72 valence electrons. The fourth-order valence-electron chi connectivity index (χ4n) is 0.598. The van der Waals surface area contributed by atoms with Crippen LogP contribution < -0.4 is 13.8 Å². The summed E-state index contributed by atoms with van der Waals surface area (Å²) in [6.07, 6.45) is 2.55. The molecule has 7 nitrogen and oxygen atoms in total. The molecule has 0 atom stereocenters. The molecule has 0 saturated carbocycles. The summed E-state index contributed by atoms with van der Waals surface area (Å²) in [5.41, 5.74) is 0. The lowest BCUT2D eigenvalue weighted by atomic mass is 10.6. The maximum absolute atomic E-state index is 10.2. The zero-order chi connectivity index (χ0) is 9.90. The molecule has 1 aromatic rings. The summed E-state index contributed by atoms with van der Waals surface area (Å²) >= 11 is 0. The van der Waals surface area contributed by atoms with Crippen molar-refractivity contribution < 1.29 is 26.7 Å². The average molecular weight is 207 g/mol. The summed E-state index contributed by atoms with van der Waals surface area (Å²) in [6, 6.07) is 1.22. The van der Waals surface area contributed by atoms with Crippen LogP contribution in [0.15, 0.2) is 18.6 Å². The van der Waals surface area contributed by atoms with Gasteiger partial charge in [-0.25, -0.2) is 0 Å². The van der Waals surface area contributed by atoms with E-state index in [-0.39, 0.29) is 5.88 Å². The molecule has 0 bridgehead atoms.